The van der Waals surface area contributed by atoms with Crippen molar-refractivity contribution in [1.29, 1.82) is 5.26 Å². The molecular weight excluding hydrogens is 370 g/mol. The molecule has 148 valence electrons. The fourth-order valence-electron chi connectivity index (χ4n) is 4.87. The molecule has 2 atom stereocenters. The molecule has 1 fully saturated rings. The summed E-state index contributed by atoms with van der Waals surface area (Å²) in [4.78, 5) is 19.6. The number of ether oxygens (including phenoxy) is 1. The maximum atomic E-state index is 11.6. The van der Waals surface area contributed by atoms with E-state index in [1.54, 1.807) is 12.3 Å². The smallest absolute Gasteiger partial charge is 0.407 e. The monoisotopic (exact) mass is 391 g/mol. The zero-order valence-corrected chi connectivity index (χ0v) is 15.8. The topological polar surface area (TPSA) is 102 Å². The molecule has 8 nitrogen and oxygen atoms in total. The molecule has 0 radical (unpaired) electrons. The third-order valence-electron chi connectivity index (χ3n) is 6.08. The molecule has 8 heteroatoms. The van der Waals surface area contributed by atoms with Crippen molar-refractivity contribution >= 4 is 23.2 Å². The van der Waals surface area contributed by atoms with Gasteiger partial charge in [0.2, 0.25) is 0 Å². The number of benzene rings is 1. The van der Waals surface area contributed by atoms with Gasteiger partial charge < -0.3 is 25.0 Å². The molecule has 0 saturated carbocycles. The number of carbonyl (C=O) groups is 1. The number of hydrogen-bond donors (Lipinski definition) is 2. The van der Waals surface area contributed by atoms with Crippen LogP contribution in [0, 0.1) is 11.3 Å². The molecule has 2 aromatic rings. The number of carboxylic acid groups (broad SMARTS) is 1. The summed E-state index contributed by atoms with van der Waals surface area (Å²) < 4.78 is 5.83. The van der Waals surface area contributed by atoms with E-state index >= 15 is 0 Å². The number of pyridine rings is 1. The van der Waals surface area contributed by atoms with E-state index in [1.807, 2.05) is 6.07 Å². The Morgan fingerprint density at radius 3 is 3.10 bits per heavy atom. The van der Waals surface area contributed by atoms with Crippen molar-refractivity contribution in [2.75, 3.05) is 36.5 Å². The molecule has 4 heterocycles. The van der Waals surface area contributed by atoms with E-state index in [1.165, 1.54) is 10.6 Å². The second kappa shape index (κ2) is 6.94. The SMILES string of the molecule is N#Cc1ncccc1Nc1cc2c3c(c1)[C@@H]1CN(C(=O)O)CC[C@@H]1N3CCOC2. The molecule has 1 saturated heterocycles. The lowest BCUT2D eigenvalue weighted by atomic mass is 9.88. The van der Waals surface area contributed by atoms with Gasteiger partial charge in [0, 0.05) is 54.7 Å². The summed E-state index contributed by atoms with van der Waals surface area (Å²) in [7, 11) is 0. The number of anilines is 3. The highest BCUT2D eigenvalue weighted by atomic mass is 16.5. The molecule has 29 heavy (non-hydrogen) atoms. The second-order valence-electron chi connectivity index (χ2n) is 7.65. The Balaban J connectivity index is 1.57. The van der Waals surface area contributed by atoms with Gasteiger partial charge in [-0.25, -0.2) is 9.78 Å². The van der Waals surface area contributed by atoms with E-state index < -0.39 is 6.09 Å². The summed E-state index contributed by atoms with van der Waals surface area (Å²) >= 11 is 0. The lowest BCUT2D eigenvalue weighted by Crippen LogP contribution is -2.48. The minimum absolute atomic E-state index is 0.137. The Labute approximate surface area is 168 Å². The van der Waals surface area contributed by atoms with Crippen molar-refractivity contribution in [2.24, 2.45) is 0 Å². The highest BCUT2D eigenvalue weighted by Gasteiger charge is 2.44. The minimum Gasteiger partial charge on any atom is -0.465 e. The van der Waals surface area contributed by atoms with Crippen LogP contribution in [-0.4, -0.2) is 53.4 Å². The average Bonchev–Trinajstić information content (AvgIpc) is 2.89. The Morgan fingerprint density at radius 2 is 2.28 bits per heavy atom. The van der Waals surface area contributed by atoms with Crippen LogP contribution in [-0.2, 0) is 11.3 Å². The van der Waals surface area contributed by atoms with E-state index in [0.717, 1.165) is 29.8 Å². The van der Waals surface area contributed by atoms with Crippen LogP contribution in [0.2, 0.25) is 0 Å². The maximum Gasteiger partial charge on any atom is 0.407 e. The van der Waals surface area contributed by atoms with Crippen LogP contribution in [0.1, 0.15) is 29.2 Å². The van der Waals surface area contributed by atoms with Crippen LogP contribution in [0.15, 0.2) is 30.5 Å². The van der Waals surface area contributed by atoms with Crippen LogP contribution < -0.4 is 10.2 Å². The number of piperidine rings is 1. The van der Waals surface area contributed by atoms with Crippen molar-refractivity contribution in [3.63, 3.8) is 0 Å². The molecule has 0 aliphatic carbocycles. The average molecular weight is 391 g/mol. The first-order valence-corrected chi connectivity index (χ1v) is 9.77. The van der Waals surface area contributed by atoms with Gasteiger partial charge in [0.15, 0.2) is 5.69 Å². The maximum absolute atomic E-state index is 11.6. The summed E-state index contributed by atoms with van der Waals surface area (Å²) in [6.07, 6.45) is 1.55. The van der Waals surface area contributed by atoms with Gasteiger partial charge in [-0.05, 0) is 36.2 Å². The Kier molecular flexibility index (Phi) is 4.25. The van der Waals surface area contributed by atoms with E-state index in [9.17, 15) is 15.2 Å². The zero-order valence-electron chi connectivity index (χ0n) is 15.8. The van der Waals surface area contributed by atoms with Gasteiger partial charge in [-0.3, -0.25) is 0 Å². The molecule has 0 spiro atoms. The van der Waals surface area contributed by atoms with Gasteiger partial charge in [-0.2, -0.15) is 5.26 Å². The van der Waals surface area contributed by atoms with Crippen LogP contribution in [0.3, 0.4) is 0 Å². The third kappa shape index (κ3) is 2.95. The minimum atomic E-state index is -0.859. The molecule has 1 aromatic heterocycles. The van der Waals surface area contributed by atoms with Crippen molar-refractivity contribution in [3.05, 3.63) is 47.3 Å². The lowest BCUT2D eigenvalue weighted by molar-refractivity contribution is 0.120. The van der Waals surface area contributed by atoms with E-state index in [4.69, 9.17) is 4.74 Å². The van der Waals surface area contributed by atoms with Crippen LogP contribution in [0.4, 0.5) is 21.9 Å². The molecule has 1 aromatic carbocycles. The third-order valence-corrected chi connectivity index (χ3v) is 6.08. The number of rotatable bonds is 2. The number of nitrogens with zero attached hydrogens (tertiary/aromatic N) is 4. The molecule has 5 rings (SSSR count). The molecule has 3 aliphatic rings. The number of aromatic nitrogens is 1. The Hall–Kier alpha value is -3.31. The van der Waals surface area contributed by atoms with Crippen LogP contribution >= 0.6 is 0 Å². The first-order valence-electron chi connectivity index (χ1n) is 9.77. The van der Waals surface area contributed by atoms with Gasteiger partial charge in [-0.15, -0.1) is 0 Å². The van der Waals surface area contributed by atoms with Gasteiger partial charge >= 0.3 is 6.09 Å². The summed E-state index contributed by atoms with van der Waals surface area (Å²) in [5.74, 6) is 0.137. The molecule has 2 N–H and O–H groups in total. The van der Waals surface area contributed by atoms with Gasteiger partial charge in [0.1, 0.15) is 6.07 Å². The largest absolute Gasteiger partial charge is 0.465 e. The van der Waals surface area contributed by atoms with E-state index in [2.05, 4.69) is 33.4 Å². The second-order valence-corrected chi connectivity index (χ2v) is 7.65. The van der Waals surface area contributed by atoms with Crippen molar-refractivity contribution in [1.82, 2.24) is 9.88 Å². The number of likely N-dealkylation sites (tertiary alicyclic amines) is 1. The number of nitriles is 1. The lowest BCUT2D eigenvalue weighted by Gasteiger charge is -2.37. The molecule has 0 unspecified atom stereocenters. The van der Waals surface area contributed by atoms with E-state index in [0.29, 0.717) is 43.7 Å². The number of fused-ring (bicyclic) bond motifs is 3. The van der Waals surface area contributed by atoms with Crippen molar-refractivity contribution in [2.45, 2.75) is 25.0 Å². The fourth-order valence-corrected chi connectivity index (χ4v) is 4.87. The fraction of sp³-hybridized carbons (Fsp3) is 0.381. The van der Waals surface area contributed by atoms with Gasteiger partial charge in [-0.1, -0.05) is 0 Å². The summed E-state index contributed by atoms with van der Waals surface area (Å²) in [6, 6.07) is 10.2. The van der Waals surface area contributed by atoms with Gasteiger partial charge in [0.25, 0.3) is 0 Å². The predicted octanol–water partition coefficient (Wildman–Crippen LogP) is 2.88. The molecule has 0 bridgehead atoms. The summed E-state index contributed by atoms with van der Waals surface area (Å²) in [6.45, 7) is 3.06. The molecular formula is C21H21N5O3. The van der Waals surface area contributed by atoms with Gasteiger partial charge in [0.05, 0.1) is 18.9 Å². The number of hydrogen-bond acceptors (Lipinski definition) is 6. The van der Waals surface area contributed by atoms with E-state index in [-0.39, 0.29) is 5.92 Å². The quantitative estimate of drug-likeness (QED) is 0.811. The van der Waals surface area contributed by atoms with Crippen LogP contribution in [0.5, 0.6) is 0 Å². The Morgan fingerprint density at radius 1 is 1.38 bits per heavy atom. The van der Waals surface area contributed by atoms with Crippen molar-refractivity contribution in [3.8, 4) is 6.07 Å². The number of amides is 1. The first kappa shape index (κ1) is 17.8. The highest BCUT2D eigenvalue weighted by molar-refractivity contribution is 5.76. The predicted molar refractivity (Wildman–Crippen MR) is 106 cm³/mol. The normalized spacial score (nSPS) is 22.3. The van der Waals surface area contributed by atoms with Crippen LogP contribution in [0.25, 0.3) is 0 Å². The summed E-state index contributed by atoms with van der Waals surface area (Å²) in [5, 5.41) is 22.1. The highest BCUT2D eigenvalue weighted by Crippen LogP contribution is 2.48. The first-order chi connectivity index (χ1) is 14.2. The zero-order chi connectivity index (χ0) is 20.0. The van der Waals surface area contributed by atoms with Crippen molar-refractivity contribution < 1.29 is 14.6 Å². The number of nitrogens with one attached hydrogen (secondary N) is 1. The standard InChI is InChI=1S/C21H21N5O3/c22-10-18-17(2-1-4-23-18)24-14-8-13-12-29-7-6-26-19-3-5-25(21(27)28)11-16(19)15(9-14)20(13)26/h1-2,4,8-9,16,19,24H,3,5-7,11-12H2,(H,27,28)/t16-,19-/m0/s1. The molecule has 3 aliphatic heterocycles. The molecule has 1 amide bonds. The Bertz CT molecular complexity index is 1020. The summed E-state index contributed by atoms with van der Waals surface area (Å²) in [5.41, 5.74) is 5.31.